The van der Waals surface area contributed by atoms with Crippen LogP contribution in [-0.2, 0) is 4.79 Å². The highest BCUT2D eigenvalue weighted by molar-refractivity contribution is 5.67. The highest BCUT2D eigenvalue weighted by atomic mass is 16.4. The molecule has 1 unspecified atom stereocenters. The lowest BCUT2D eigenvalue weighted by Gasteiger charge is -2.62. The number of aliphatic carboxylic acids is 1. The molecular weight excluding hydrogens is 360 g/mol. The molecular formula is C26H40O3. The van der Waals surface area contributed by atoms with E-state index in [1.54, 1.807) is 5.57 Å². The van der Waals surface area contributed by atoms with Crippen LogP contribution in [0.4, 0.5) is 0 Å². The lowest BCUT2D eigenvalue weighted by Crippen LogP contribution is -2.56. The molecule has 162 valence electrons. The van der Waals surface area contributed by atoms with Gasteiger partial charge in [0.1, 0.15) is 0 Å². The summed E-state index contributed by atoms with van der Waals surface area (Å²) in [5.74, 6) is 0.576. The monoisotopic (exact) mass is 400 g/mol. The Labute approximate surface area is 176 Å². The number of fused-ring (bicyclic) bond motifs is 5. The zero-order valence-corrected chi connectivity index (χ0v) is 19.2. The molecule has 0 bridgehead atoms. The minimum atomic E-state index is -0.681. The maximum Gasteiger partial charge on any atom is 0.303 e. The number of rotatable bonds is 3. The summed E-state index contributed by atoms with van der Waals surface area (Å²) in [7, 11) is 0. The number of hydrogen-bond donors (Lipinski definition) is 2. The maximum absolute atomic E-state index is 11.4. The summed E-state index contributed by atoms with van der Waals surface area (Å²) >= 11 is 0. The van der Waals surface area contributed by atoms with Crippen molar-refractivity contribution in [2.24, 2.45) is 39.4 Å². The van der Waals surface area contributed by atoms with E-state index in [9.17, 15) is 15.0 Å². The van der Waals surface area contributed by atoms with Gasteiger partial charge in [0.05, 0.1) is 6.10 Å². The van der Waals surface area contributed by atoms with Crippen molar-refractivity contribution in [3.8, 4) is 0 Å². The van der Waals surface area contributed by atoms with Crippen LogP contribution in [0.3, 0.4) is 0 Å². The van der Waals surface area contributed by atoms with Crippen molar-refractivity contribution in [1.29, 1.82) is 0 Å². The Hall–Kier alpha value is -1.09. The number of allylic oxidation sites excluding steroid dienone is 4. The van der Waals surface area contributed by atoms with Gasteiger partial charge in [0.15, 0.2) is 0 Å². The molecule has 0 heterocycles. The van der Waals surface area contributed by atoms with Crippen LogP contribution < -0.4 is 0 Å². The first-order valence-corrected chi connectivity index (χ1v) is 11.7. The van der Waals surface area contributed by atoms with E-state index >= 15 is 0 Å². The highest BCUT2D eigenvalue weighted by Crippen LogP contribution is 2.70. The van der Waals surface area contributed by atoms with E-state index < -0.39 is 5.97 Å². The number of aliphatic hydroxyl groups excluding tert-OH is 1. The summed E-state index contributed by atoms with van der Waals surface area (Å²) in [5.41, 5.74) is 3.38. The van der Waals surface area contributed by atoms with E-state index in [4.69, 9.17) is 0 Å². The first-order valence-electron chi connectivity index (χ1n) is 11.7. The van der Waals surface area contributed by atoms with Crippen molar-refractivity contribution < 1.29 is 15.0 Å². The Morgan fingerprint density at radius 3 is 2.48 bits per heavy atom. The molecule has 2 fully saturated rings. The van der Waals surface area contributed by atoms with Crippen LogP contribution in [0.15, 0.2) is 23.3 Å². The third kappa shape index (κ3) is 2.68. The molecule has 3 heteroatoms. The second-order valence-electron chi connectivity index (χ2n) is 12.0. The molecule has 3 nitrogen and oxygen atoms in total. The average molecular weight is 401 g/mol. The molecule has 7 atom stereocenters. The molecule has 0 spiro atoms. The molecule has 2 N–H and O–H groups in total. The van der Waals surface area contributed by atoms with Crippen LogP contribution in [0.1, 0.15) is 86.5 Å². The minimum absolute atomic E-state index is 0.00627. The number of carboxylic acids is 1. The topological polar surface area (TPSA) is 57.5 Å². The van der Waals surface area contributed by atoms with Crippen LogP contribution in [0, 0.1) is 39.4 Å². The molecule has 0 amide bonds. The van der Waals surface area contributed by atoms with Crippen LogP contribution in [-0.4, -0.2) is 22.3 Å². The van der Waals surface area contributed by atoms with Crippen molar-refractivity contribution in [3.63, 3.8) is 0 Å². The zero-order chi connectivity index (χ0) is 21.4. The first kappa shape index (κ1) is 21.2. The SMILES string of the molecule is C[C@H](CC(=O)O)[C@]1(C)CC=C2C3=CCC4C(C)(C)[C@H](O)CC[C@]4(C)[C@@H]3CC[C@]21C. The van der Waals surface area contributed by atoms with Gasteiger partial charge in [-0.05, 0) is 89.1 Å². The largest absolute Gasteiger partial charge is 0.481 e. The molecule has 29 heavy (non-hydrogen) atoms. The van der Waals surface area contributed by atoms with Gasteiger partial charge in [0.25, 0.3) is 0 Å². The molecule has 0 saturated heterocycles. The number of aliphatic hydroxyl groups is 1. The summed E-state index contributed by atoms with van der Waals surface area (Å²) < 4.78 is 0. The van der Waals surface area contributed by atoms with Crippen molar-refractivity contribution in [1.82, 2.24) is 0 Å². The fraction of sp³-hybridized carbons (Fsp3) is 0.808. The van der Waals surface area contributed by atoms with Crippen molar-refractivity contribution >= 4 is 5.97 Å². The van der Waals surface area contributed by atoms with E-state index in [0.29, 0.717) is 11.8 Å². The van der Waals surface area contributed by atoms with Crippen molar-refractivity contribution in [3.05, 3.63) is 23.3 Å². The number of carboxylic acid groups (broad SMARTS) is 1. The summed E-state index contributed by atoms with van der Waals surface area (Å²) in [6.45, 7) is 13.9. The average Bonchev–Trinajstić information content (AvgIpc) is 2.91. The fourth-order valence-corrected chi connectivity index (χ4v) is 8.19. The third-order valence-electron chi connectivity index (χ3n) is 10.7. The van der Waals surface area contributed by atoms with E-state index in [1.807, 2.05) is 0 Å². The molecule has 0 radical (unpaired) electrons. The molecule has 4 aliphatic rings. The standard InChI is InChI=1S/C26H40O3/c1-16(15-22(28)29)25(5)13-10-19-17-7-8-20-23(2,3)21(27)11-12-24(20,4)18(17)9-14-26(19,25)6/h7,10,16,18,20-21,27H,8-9,11-15H2,1-6H3,(H,28,29)/t16-,18-,20?,21-,24-,25+,26-/m1/s1. The van der Waals surface area contributed by atoms with Gasteiger partial charge in [-0.2, -0.15) is 0 Å². The van der Waals surface area contributed by atoms with Crippen LogP contribution in [0.25, 0.3) is 0 Å². The fourth-order valence-electron chi connectivity index (χ4n) is 8.19. The zero-order valence-electron chi connectivity index (χ0n) is 19.2. The molecule has 4 rings (SSSR count). The second kappa shape index (κ2) is 6.45. The summed E-state index contributed by atoms with van der Waals surface area (Å²) in [5, 5.41) is 20.1. The third-order valence-corrected chi connectivity index (χ3v) is 10.7. The van der Waals surface area contributed by atoms with E-state index in [2.05, 4.69) is 53.7 Å². The molecule has 0 aromatic rings. The molecule has 4 aliphatic carbocycles. The first-order chi connectivity index (χ1) is 13.4. The predicted molar refractivity (Wildman–Crippen MR) is 116 cm³/mol. The number of carbonyl (C=O) groups is 1. The smallest absolute Gasteiger partial charge is 0.303 e. The van der Waals surface area contributed by atoms with Gasteiger partial charge in [0, 0.05) is 6.42 Å². The van der Waals surface area contributed by atoms with Gasteiger partial charge in [-0.1, -0.05) is 53.7 Å². The molecule has 0 aromatic heterocycles. The summed E-state index contributed by atoms with van der Waals surface area (Å²) in [6, 6.07) is 0. The molecule has 0 aromatic carbocycles. The lowest BCUT2D eigenvalue weighted by molar-refractivity contribution is -0.140. The Bertz CT molecular complexity index is 777. The Morgan fingerprint density at radius 1 is 1.14 bits per heavy atom. The predicted octanol–water partition coefficient (Wildman–Crippen LogP) is 5.98. The van der Waals surface area contributed by atoms with Gasteiger partial charge in [-0.3, -0.25) is 4.79 Å². The highest BCUT2D eigenvalue weighted by Gasteiger charge is 2.61. The quantitative estimate of drug-likeness (QED) is 0.612. The van der Waals surface area contributed by atoms with E-state index in [-0.39, 0.29) is 40.1 Å². The Morgan fingerprint density at radius 2 is 1.83 bits per heavy atom. The van der Waals surface area contributed by atoms with Gasteiger partial charge in [-0.25, -0.2) is 0 Å². The lowest BCUT2D eigenvalue weighted by atomic mass is 9.43. The van der Waals surface area contributed by atoms with Gasteiger partial charge in [-0.15, -0.1) is 0 Å². The molecule has 2 saturated carbocycles. The normalized spacial score (nSPS) is 46.7. The second-order valence-corrected chi connectivity index (χ2v) is 12.0. The maximum atomic E-state index is 11.4. The van der Waals surface area contributed by atoms with Crippen molar-refractivity contribution in [2.75, 3.05) is 0 Å². The van der Waals surface area contributed by atoms with Gasteiger partial charge < -0.3 is 10.2 Å². The van der Waals surface area contributed by atoms with Crippen LogP contribution in [0.5, 0.6) is 0 Å². The molecule has 0 aliphatic heterocycles. The summed E-state index contributed by atoms with van der Waals surface area (Å²) in [6.07, 6.45) is 11.4. The van der Waals surface area contributed by atoms with Gasteiger partial charge >= 0.3 is 5.97 Å². The minimum Gasteiger partial charge on any atom is -0.481 e. The van der Waals surface area contributed by atoms with Crippen LogP contribution in [0.2, 0.25) is 0 Å². The Kier molecular flexibility index (Phi) is 4.71. The van der Waals surface area contributed by atoms with E-state index in [1.165, 1.54) is 12.0 Å². The summed E-state index contributed by atoms with van der Waals surface area (Å²) in [4.78, 5) is 11.4. The Balaban J connectivity index is 1.70. The van der Waals surface area contributed by atoms with Crippen LogP contribution >= 0.6 is 0 Å². The van der Waals surface area contributed by atoms with Gasteiger partial charge in [0.2, 0.25) is 0 Å². The number of hydrogen-bond acceptors (Lipinski definition) is 2. The van der Waals surface area contributed by atoms with E-state index in [0.717, 1.165) is 32.1 Å². The van der Waals surface area contributed by atoms with Crippen molar-refractivity contribution in [2.45, 2.75) is 92.6 Å².